The van der Waals surface area contributed by atoms with E-state index in [2.05, 4.69) is 36.9 Å². The molecule has 2 aromatic carbocycles. The van der Waals surface area contributed by atoms with Gasteiger partial charge in [0.2, 0.25) is 5.75 Å². The number of nitro groups is 1. The summed E-state index contributed by atoms with van der Waals surface area (Å²) in [4.78, 5) is 14.3. The third-order valence-corrected chi connectivity index (χ3v) is 3.45. The maximum Gasteiger partial charge on any atom is 0.312 e. The molecule has 0 bridgehead atoms. The molecule has 102 valence electrons. The zero-order chi connectivity index (χ0) is 14.7. The van der Waals surface area contributed by atoms with Crippen molar-refractivity contribution in [3.63, 3.8) is 0 Å². The summed E-state index contributed by atoms with van der Waals surface area (Å²) in [7, 11) is 0. The first-order valence-electron chi connectivity index (χ1n) is 5.44. The van der Waals surface area contributed by atoms with Crippen molar-refractivity contribution in [2.45, 2.75) is 0 Å². The summed E-state index contributed by atoms with van der Waals surface area (Å²) in [5.41, 5.74) is 0.584. The maximum atomic E-state index is 10.8. The summed E-state index contributed by atoms with van der Waals surface area (Å²) in [5, 5.41) is 20.7. The van der Waals surface area contributed by atoms with Gasteiger partial charge in [0.15, 0.2) is 0 Å². The highest BCUT2D eigenvalue weighted by Gasteiger charge is 2.17. The predicted molar refractivity (Wildman–Crippen MR) is 83.9 cm³/mol. The molecule has 0 aliphatic rings. The van der Waals surface area contributed by atoms with E-state index in [1.54, 1.807) is 18.2 Å². The number of nitrogens with zero attached hydrogens (tertiary/aromatic N) is 2. The Labute approximate surface area is 131 Å². The highest BCUT2D eigenvalue weighted by molar-refractivity contribution is 9.10. The molecule has 0 saturated carbocycles. The zero-order valence-corrected chi connectivity index (χ0v) is 13.1. The van der Waals surface area contributed by atoms with Gasteiger partial charge in [-0.05, 0) is 30.3 Å². The number of aliphatic imine (C=N–C) groups is 1. The second-order valence-electron chi connectivity index (χ2n) is 3.85. The van der Waals surface area contributed by atoms with Crippen LogP contribution in [0.15, 0.2) is 50.3 Å². The molecule has 1 N–H and O–H groups in total. The number of hydrogen-bond donors (Lipinski definition) is 1. The lowest BCUT2D eigenvalue weighted by atomic mass is 10.2. The molecule has 0 aliphatic heterocycles. The van der Waals surface area contributed by atoms with Crippen LogP contribution in [-0.4, -0.2) is 16.2 Å². The van der Waals surface area contributed by atoms with Crippen LogP contribution in [-0.2, 0) is 0 Å². The van der Waals surface area contributed by atoms with Crippen molar-refractivity contribution < 1.29 is 10.0 Å². The number of halogens is 2. The van der Waals surface area contributed by atoms with Crippen LogP contribution in [0, 0.1) is 10.1 Å². The van der Waals surface area contributed by atoms with Crippen molar-refractivity contribution >= 4 is 49.4 Å². The lowest BCUT2D eigenvalue weighted by molar-refractivity contribution is -0.385. The monoisotopic (exact) mass is 398 g/mol. The molecule has 0 fully saturated rings. The van der Waals surface area contributed by atoms with Crippen molar-refractivity contribution in [3.05, 3.63) is 61.0 Å². The molecule has 0 atom stereocenters. The molecule has 20 heavy (non-hydrogen) atoms. The van der Waals surface area contributed by atoms with Crippen molar-refractivity contribution in [3.8, 4) is 5.75 Å². The summed E-state index contributed by atoms with van der Waals surface area (Å²) in [6.45, 7) is 0. The zero-order valence-electron chi connectivity index (χ0n) is 9.96. The number of benzene rings is 2. The van der Waals surface area contributed by atoms with Gasteiger partial charge in [-0.25, -0.2) is 0 Å². The fraction of sp³-hybridized carbons (Fsp3) is 0. The molecule has 0 radical (unpaired) electrons. The first-order chi connectivity index (χ1) is 9.47. The molecule has 0 aromatic heterocycles. The normalized spacial score (nSPS) is 10.9. The first kappa shape index (κ1) is 14.7. The van der Waals surface area contributed by atoms with E-state index in [1.165, 1.54) is 12.3 Å². The standard InChI is InChI=1S/C13H8Br2N2O3/c14-9-1-3-11(4-2-9)16-7-8-5-10(15)6-12(13(8)18)17(19)20/h1-7,18H/b16-7+. The molecule has 0 spiro atoms. The van der Waals surface area contributed by atoms with Crippen LogP contribution in [0.25, 0.3) is 0 Å². The smallest absolute Gasteiger partial charge is 0.312 e. The third-order valence-electron chi connectivity index (χ3n) is 2.46. The van der Waals surface area contributed by atoms with Gasteiger partial charge in [-0.2, -0.15) is 0 Å². The van der Waals surface area contributed by atoms with Gasteiger partial charge in [-0.3, -0.25) is 15.1 Å². The molecular weight excluding hydrogens is 392 g/mol. The minimum absolute atomic E-state index is 0.272. The Morgan fingerprint density at radius 2 is 1.80 bits per heavy atom. The number of rotatable bonds is 3. The number of nitro benzene ring substituents is 1. The van der Waals surface area contributed by atoms with Gasteiger partial charge in [0, 0.05) is 26.8 Å². The summed E-state index contributed by atoms with van der Waals surface area (Å²) in [6, 6.07) is 10.0. The quantitative estimate of drug-likeness (QED) is 0.466. The molecule has 2 aromatic rings. The van der Waals surface area contributed by atoms with Gasteiger partial charge in [0.1, 0.15) is 0 Å². The average molecular weight is 400 g/mol. The highest BCUT2D eigenvalue weighted by Crippen LogP contribution is 2.32. The number of phenols is 1. The molecule has 7 heteroatoms. The highest BCUT2D eigenvalue weighted by atomic mass is 79.9. The fourth-order valence-electron chi connectivity index (χ4n) is 1.51. The lowest BCUT2D eigenvalue weighted by Crippen LogP contribution is -1.92. The fourth-order valence-corrected chi connectivity index (χ4v) is 2.24. The first-order valence-corrected chi connectivity index (χ1v) is 7.02. The third kappa shape index (κ3) is 3.43. The Balaban J connectivity index is 2.38. The minimum atomic E-state index is -0.642. The molecule has 5 nitrogen and oxygen atoms in total. The second kappa shape index (κ2) is 6.15. The number of hydrogen-bond acceptors (Lipinski definition) is 4. The predicted octanol–water partition coefficient (Wildman–Crippen LogP) is 4.58. The van der Waals surface area contributed by atoms with E-state index in [9.17, 15) is 15.2 Å². The van der Waals surface area contributed by atoms with E-state index in [-0.39, 0.29) is 11.3 Å². The van der Waals surface area contributed by atoms with Crippen LogP contribution >= 0.6 is 31.9 Å². The van der Waals surface area contributed by atoms with Crippen molar-refractivity contribution in [1.29, 1.82) is 0 Å². The van der Waals surface area contributed by atoms with Crippen molar-refractivity contribution in [2.75, 3.05) is 0 Å². The minimum Gasteiger partial charge on any atom is -0.502 e. The topological polar surface area (TPSA) is 75.7 Å². The van der Waals surface area contributed by atoms with Gasteiger partial charge in [0.05, 0.1) is 10.6 Å². The van der Waals surface area contributed by atoms with E-state index in [0.717, 1.165) is 4.47 Å². The Kier molecular flexibility index (Phi) is 4.51. The van der Waals surface area contributed by atoms with Crippen LogP contribution < -0.4 is 0 Å². The van der Waals surface area contributed by atoms with Crippen LogP contribution in [0.4, 0.5) is 11.4 Å². The summed E-state index contributed by atoms with van der Waals surface area (Å²) in [5.74, 6) is -0.404. The maximum absolute atomic E-state index is 10.8. The van der Waals surface area contributed by atoms with Gasteiger partial charge in [-0.15, -0.1) is 0 Å². The lowest BCUT2D eigenvalue weighted by Gasteiger charge is -2.01. The molecule has 0 aliphatic carbocycles. The SMILES string of the molecule is O=[N+]([O-])c1cc(Br)cc(/C=N/c2ccc(Br)cc2)c1O. The Morgan fingerprint density at radius 1 is 1.15 bits per heavy atom. The van der Waals surface area contributed by atoms with Gasteiger partial charge in [0.25, 0.3) is 0 Å². The van der Waals surface area contributed by atoms with Crippen LogP contribution in [0.1, 0.15) is 5.56 Å². The van der Waals surface area contributed by atoms with E-state index in [1.807, 2.05) is 12.1 Å². The second-order valence-corrected chi connectivity index (χ2v) is 5.69. The van der Waals surface area contributed by atoms with Crippen LogP contribution in [0.2, 0.25) is 0 Å². The van der Waals surface area contributed by atoms with Crippen molar-refractivity contribution in [1.82, 2.24) is 0 Å². The average Bonchev–Trinajstić information content (AvgIpc) is 2.41. The molecule has 0 unspecified atom stereocenters. The molecule has 2 rings (SSSR count). The van der Waals surface area contributed by atoms with E-state index >= 15 is 0 Å². The van der Waals surface area contributed by atoms with Gasteiger partial charge in [-0.1, -0.05) is 31.9 Å². The van der Waals surface area contributed by atoms with E-state index in [4.69, 9.17) is 0 Å². The van der Waals surface area contributed by atoms with Crippen LogP contribution in [0.3, 0.4) is 0 Å². The van der Waals surface area contributed by atoms with E-state index < -0.39 is 10.7 Å². The summed E-state index contributed by atoms with van der Waals surface area (Å²) >= 11 is 6.48. The number of phenolic OH excluding ortho intramolecular Hbond substituents is 1. The largest absolute Gasteiger partial charge is 0.502 e. The molecule has 0 heterocycles. The number of aromatic hydroxyl groups is 1. The summed E-state index contributed by atoms with van der Waals surface area (Å²) < 4.78 is 1.43. The molecule has 0 amide bonds. The molecule has 0 saturated heterocycles. The summed E-state index contributed by atoms with van der Waals surface area (Å²) in [6.07, 6.45) is 1.39. The van der Waals surface area contributed by atoms with E-state index in [0.29, 0.717) is 10.2 Å². The Hall–Kier alpha value is -1.73. The Morgan fingerprint density at radius 3 is 2.40 bits per heavy atom. The van der Waals surface area contributed by atoms with Gasteiger partial charge < -0.3 is 5.11 Å². The van der Waals surface area contributed by atoms with Crippen molar-refractivity contribution in [2.24, 2.45) is 4.99 Å². The molecular formula is C13H8Br2N2O3. The Bertz CT molecular complexity index is 685. The van der Waals surface area contributed by atoms with Crippen LogP contribution in [0.5, 0.6) is 5.75 Å². The van der Waals surface area contributed by atoms with Gasteiger partial charge >= 0.3 is 5.69 Å².